The van der Waals surface area contributed by atoms with Crippen LogP contribution in [-0.2, 0) is 16.4 Å². The molecule has 0 saturated carbocycles. The Morgan fingerprint density at radius 3 is 2.75 bits per heavy atom. The van der Waals surface area contributed by atoms with Crippen molar-refractivity contribution in [1.82, 2.24) is 0 Å². The predicted octanol–water partition coefficient (Wildman–Crippen LogP) is 3.50. The maximum Gasteiger partial charge on any atom is 0.271 e. The highest BCUT2D eigenvalue weighted by molar-refractivity contribution is 9.10. The zero-order valence-electron chi connectivity index (χ0n) is 10.1. The minimum Gasteiger partial charge on any atom is -0.396 e. The molecule has 0 unspecified atom stereocenters. The molecule has 8 heteroatoms. The van der Waals surface area contributed by atoms with Crippen LogP contribution in [0.5, 0.6) is 0 Å². The van der Waals surface area contributed by atoms with Gasteiger partial charge in [-0.15, -0.1) is 11.3 Å². The number of halogens is 2. The van der Waals surface area contributed by atoms with E-state index >= 15 is 0 Å². The average Bonchev–Trinajstić information content (AvgIpc) is 2.85. The van der Waals surface area contributed by atoms with Crippen LogP contribution >= 0.6 is 38.9 Å². The number of aliphatic hydroxyl groups excluding tert-OH is 1. The predicted molar refractivity (Wildman–Crippen MR) is 85.1 cm³/mol. The molecule has 0 spiro atoms. The van der Waals surface area contributed by atoms with Gasteiger partial charge in [0.25, 0.3) is 10.0 Å². The molecule has 1 aromatic heterocycles. The zero-order chi connectivity index (χ0) is 14.8. The number of aliphatic hydroxyl groups is 1. The van der Waals surface area contributed by atoms with Gasteiger partial charge >= 0.3 is 0 Å². The highest BCUT2D eigenvalue weighted by Gasteiger charge is 2.18. The lowest BCUT2D eigenvalue weighted by atomic mass is 10.3. The molecular formula is C12H11BrClNO3S2. The molecule has 2 rings (SSSR count). The van der Waals surface area contributed by atoms with Gasteiger partial charge in [-0.05, 0) is 40.2 Å². The minimum absolute atomic E-state index is 0.00668. The fraction of sp³-hybridized carbons (Fsp3) is 0.167. The first-order chi connectivity index (χ1) is 9.44. The molecule has 0 atom stereocenters. The van der Waals surface area contributed by atoms with Crippen LogP contribution in [0, 0.1) is 0 Å². The molecule has 1 heterocycles. The van der Waals surface area contributed by atoms with E-state index < -0.39 is 10.0 Å². The summed E-state index contributed by atoms with van der Waals surface area (Å²) in [6, 6.07) is 8.17. The number of hydrogen-bond donors (Lipinski definition) is 2. The first-order valence-electron chi connectivity index (χ1n) is 5.60. The van der Waals surface area contributed by atoms with Gasteiger partial charge in [0.1, 0.15) is 4.21 Å². The number of hydrogen-bond acceptors (Lipinski definition) is 4. The van der Waals surface area contributed by atoms with E-state index in [1.165, 1.54) is 6.07 Å². The van der Waals surface area contributed by atoms with Crippen molar-refractivity contribution < 1.29 is 13.5 Å². The Morgan fingerprint density at radius 1 is 1.30 bits per heavy atom. The summed E-state index contributed by atoms with van der Waals surface area (Å²) in [7, 11) is -3.65. The zero-order valence-corrected chi connectivity index (χ0v) is 14.1. The quantitative estimate of drug-likeness (QED) is 0.813. The second-order valence-corrected chi connectivity index (χ2v) is 8.18. The summed E-state index contributed by atoms with van der Waals surface area (Å²) in [5, 5.41) is 9.28. The van der Waals surface area contributed by atoms with E-state index in [4.69, 9.17) is 16.7 Å². The minimum atomic E-state index is -3.65. The van der Waals surface area contributed by atoms with Crippen molar-refractivity contribution in [1.29, 1.82) is 0 Å². The van der Waals surface area contributed by atoms with E-state index in [0.717, 1.165) is 16.2 Å². The Bertz CT molecular complexity index is 715. The molecular weight excluding hydrogens is 386 g/mol. The normalized spacial score (nSPS) is 11.6. The van der Waals surface area contributed by atoms with Gasteiger partial charge in [-0.2, -0.15) is 0 Å². The van der Waals surface area contributed by atoms with Gasteiger partial charge in [0.05, 0.1) is 15.2 Å². The summed E-state index contributed by atoms with van der Waals surface area (Å²) in [5.74, 6) is 0. The molecule has 0 amide bonds. The molecule has 20 heavy (non-hydrogen) atoms. The molecule has 0 aliphatic heterocycles. The van der Waals surface area contributed by atoms with Crippen LogP contribution in [0.4, 0.5) is 5.69 Å². The smallest absolute Gasteiger partial charge is 0.271 e. The number of nitrogens with one attached hydrogen (secondary N) is 1. The number of benzene rings is 1. The number of sulfonamides is 1. The fourth-order valence-corrected chi connectivity index (χ4v) is 4.61. The summed E-state index contributed by atoms with van der Waals surface area (Å²) >= 11 is 10.3. The third-order valence-corrected chi connectivity index (χ3v) is 6.86. The van der Waals surface area contributed by atoms with Crippen molar-refractivity contribution >= 4 is 54.6 Å². The van der Waals surface area contributed by atoms with E-state index in [-0.39, 0.29) is 10.8 Å². The summed E-state index contributed by atoms with van der Waals surface area (Å²) in [6.07, 6.45) is 0.445. The standard InChI is InChI=1S/C12H11BrClNO3S2/c13-12-9(14)2-1-3-10(12)15-20(17,18)11-5-4-8(19-11)6-7-16/h1-5,15-16H,6-7H2. The van der Waals surface area contributed by atoms with Crippen molar-refractivity contribution in [3.05, 3.63) is 44.7 Å². The van der Waals surface area contributed by atoms with E-state index in [1.54, 1.807) is 24.3 Å². The van der Waals surface area contributed by atoms with Crippen LogP contribution < -0.4 is 4.72 Å². The Hall–Kier alpha value is -0.600. The largest absolute Gasteiger partial charge is 0.396 e. The summed E-state index contributed by atoms with van der Waals surface area (Å²) in [4.78, 5) is 0.818. The molecule has 4 nitrogen and oxygen atoms in total. The molecule has 0 fully saturated rings. The SMILES string of the molecule is O=S(=O)(Nc1cccc(Cl)c1Br)c1ccc(CCO)s1. The lowest BCUT2D eigenvalue weighted by Gasteiger charge is -2.09. The summed E-state index contributed by atoms with van der Waals surface area (Å²) in [6.45, 7) is -0.00668. The van der Waals surface area contributed by atoms with Crippen molar-refractivity contribution in [3.8, 4) is 0 Å². The average molecular weight is 397 g/mol. The third kappa shape index (κ3) is 3.53. The fourth-order valence-electron chi connectivity index (χ4n) is 1.52. The van der Waals surface area contributed by atoms with Crippen LogP contribution in [0.1, 0.15) is 4.88 Å². The molecule has 108 valence electrons. The van der Waals surface area contributed by atoms with Crippen molar-refractivity contribution in [2.45, 2.75) is 10.6 Å². The number of anilines is 1. The van der Waals surface area contributed by atoms with Gasteiger partial charge in [-0.25, -0.2) is 8.42 Å². The van der Waals surface area contributed by atoms with Gasteiger partial charge in [0.15, 0.2) is 0 Å². The lowest BCUT2D eigenvalue weighted by Crippen LogP contribution is -2.11. The van der Waals surface area contributed by atoms with E-state index in [9.17, 15) is 8.42 Å². The first-order valence-corrected chi connectivity index (χ1v) is 9.07. The highest BCUT2D eigenvalue weighted by atomic mass is 79.9. The topological polar surface area (TPSA) is 66.4 Å². The molecule has 2 aromatic rings. The van der Waals surface area contributed by atoms with Gasteiger partial charge in [0.2, 0.25) is 0 Å². The Morgan fingerprint density at radius 2 is 2.05 bits per heavy atom. The van der Waals surface area contributed by atoms with E-state index in [1.807, 2.05) is 0 Å². The second-order valence-electron chi connectivity index (χ2n) is 3.90. The van der Waals surface area contributed by atoms with Crippen LogP contribution in [0.2, 0.25) is 5.02 Å². The third-order valence-electron chi connectivity index (χ3n) is 2.46. The molecule has 0 aliphatic rings. The summed E-state index contributed by atoms with van der Waals surface area (Å²) < 4.78 is 27.7. The van der Waals surface area contributed by atoms with Crippen LogP contribution in [0.15, 0.2) is 39.0 Å². The van der Waals surface area contributed by atoms with Gasteiger partial charge in [0, 0.05) is 17.9 Å². The van der Waals surface area contributed by atoms with E-state index in [0.29, 0.717) is 21.6 Å². The molecule has 0 radical (unpaired) electrons. The second kappa shape index (κ2) is 6.44. The Kier molecular flexibility index (Phi) is 5.09. The Balaban J connectivity index is 2.28. The molecule has 1 aromatic carbocycles. The van der Waals surface area contributed by atoms with Crippen LogP contribution in [0.25, 0.3) is 0 Å². The molecule has 2 N–H and O–H groups in total. The monoisotopic (exact) mass is 395 g/mol. The van der Waals surface area contributed by atoms with Crippen molar-refractivity contribution in [3.63, 3.8) is 0 Å². The van der Waals surface area contributed by atoms with Gasteiger partial charge < -0.3 is 5.11 Å². The highest BCUT2D eigenvalue weighted by Crippen LogP contribution is 2.32. The maximum absolute atomic E-state index is 12.3. The van der Waals surface area contributed by atoms with Crippen molar-refractivity contribution in [2.75, 3.05) is 11.3 Å². The molecule has 0 saturated heterocycles. The summed E-state index contributed by atoms with van der Waals surface area (Å²) in [5.41, 5.74) is 0.384. The first kappa shape index (κ1) is 15.8. The van der Waals surface area contributed by atoms with E-state index in [2.05, 4.69) is 20.7 Å². The number of thiophene rings is 1. The van der Waals surface area contributed by atoms with Gasteiger partial charge in [-0.3, -0.25) is 4.72 Å². The number of rotatable bonds is 5. The maximum atomic E-state index is 12.3. The van der Waals surface area contributed by atoms with Crippen molar-refractivity contribution in [2.24, 2.45) is 0 Å². The Labute approximate surface area is 134 Å². The lowest BCUT2D eigenvalue weighted by molar-refractivity contribution is 0.300. The molecule has 0 bridgehead atoms. The molecule has 0 aliphatic carbocycles. The van der Waals surface area contributed by atoms with Crippen LogP contribution in [0.3, 0.4) is 0 Å². The van der Waals surface area contributed by atoms with Crippen LogP contribution in [-0.4, -0.2) is 20.1 Å². The van der Waals surface area contributed by atoms with Gasteiger partial charge in [-0.1, -0.05) is 17.7 Å².